The lowest BCUT2D eigenvalue weighted by atomic mass is 9.84. The van der Waals surface area contributed by atoms with Crippen LogP contribution >= 0.6 is 0 Å². The predicted molar refractivity (Wildman–Crippen MR) is 84.2 cm³/mol. The van der Waals surface area contributed by atoms with Crippen LogP contribution in [0.1, 0.15) is 25.8 Å². The van der Waals surface area contributed by atoms with E-state index in [1.807, 2.05) is 17.0 Å². The Labute approximate surface area is 118 Å². The summed E-state index contributed by atoms with van der Waals surface area (Å²) >= 11 is 0. The highest BCUT2D eigenvalue weighted by atomic mass is 28.3. The van der Waals surface area contributed by atoms with E-state index >= 15 is 0 Å². The normalized spacial score (nSPS) is 12.7. The van der Waals surface area contributed by atoms with Crippen LogP contribution in [0.5, 0.6) is 0 Å². The zero-order chi connectivity index (χ0) is 14.5. The van der Waals surface area contributed by atoms with Gasteiger partial charge < -0.3 is 4.74 Å². The zero-order valence-corrected chi connectivity index (χ0v) is 14.1. The van der Waals surface area contributed by atoms with Crippen molar-refractivity contribution in [2.75, 3.05) is 6.61 Å². The fraction of sp³-hybridized carbons (Fsp3) is 0.667. The average molecular weight is 280 g/mol. The molecular weight excluding hydrogens is 252 g/mol. The van der Waals surface area contributed by atoms with Crippen molar-refractivity contribution in [2.24, 2.45) is 0 Å². The van der Waals surface area contributed by atoms with Crippen molar-refractivity contribution in [3.05, 3.63) is 30.6 Å². The maximum absolute atomic E-state index is 5.70. The lowest BCUT2D eigenvalue weighted by molar-refractivity contribution is 0.0785. The molecule has 0 aliphatic rings. The molecule has 0 saturated carbocycles. The molecule has 0 aromatic carbocycles. The van der Waals surface area contributed by atoms with Crippen LogP contribution in [0.4, 0.5) is 0 Å². The standard InChI is InChI=1S/C15H28N2OSi/c1-7-8-15(2,3)14-11-16-17(12-14)13-18-9-10-19(4,5)6/h7,11-12H,1,8-10,13H2,2-6H3. The summed E-state index contributed by atoms with van der Waals surface area (Å²) in [6, 6.07) is 1.20. The molecule has 0 spiro atoms. The first kappa shape index (κ1) is 16.2. The number of nitrogens with zero attached hydrogens (tertiary/aromatic N) is 2. The SMILES string of the molecule is C=CCC(C)(C)c1cnn(COCC[Si](C)(C)C)c1. The summed E-state index contributed by atoms with van der Waals surface area (Å²) in [6.45, 7) is 16.7. The predicted octanol–water partition coefficient (Wildman–Crippen LogP) is 4.05. The van der Waals surface area contributed by atoms with E-state index in [2.05, 4.69) is 51.4 Å². The maximum Gasteiger partial charge on any atom is 0.139 e. The Morgan fingerprint density at radius 2 is 2.11 bits per heavy atom. The molecule has 0 unspecified atom stereocenters. The molecule has 108 valence electrons. The Morgan fingerprint density at radius 3 is 2.68 bits per heavy atom. The molecule has 0 aliphatic heterocycles. The van der Waals surface area contributed by atoms with Gasteiger partial charge in [0.15, 0.2) is 0 Å². The van der Waals surface area contributed by atoms with Crippen molar-refractivity contribution < 1.29 is 4.74 Å². The van der Waals surface area contributed by atoms with Crippen LogP contribution in [0.3, 0.4) is 0 Å². The molecule has 0 fully saturated rings. The van der Waals surface area contributed by atoms with E-state index < -0.39 is 8.07 Å². The molecule has 0 amide bonds. The van der Waals surface area contributed by atoms with Gasteiger partial charge in [0.1, 0.15) is 6.73 Å². The van der Waals surface area contributed by atoms with E-state index in [0.29, 0.717) is 6.73 Å². The summed E-state index contributed by atoms with van der Waals surface area (Å²) in [5.74, 6) is 0. The molecule has 1 rings (SSSR count). The van der Waals surface area contributed by atoms with E-state index in [0.717, 1.165) is 13.0 Å². The quantitative estimate of drug-likeness (QED) is 0.408. The van der Waals surface area contributed by atoms with E-state index in [4.69, 9.17) is 4.74 Å². The van der Waals surface area contributed by atoms with Gasteiger partial charge in [-0.2, -0.15) is 5.10 Å². The molecule has 1 aromatic heterocycles. The Hall–Kier alpha value is -0.873. The smallest absolute Gasteiger partial charge is 0.139 e. The second-order valence-electron chi connectivity index (χ2n) is 6.99. The Balaban J connectivity index is 2.45. The monoisotopic (exact) mass is 280 g/mol. The van der Waals surface area contributed by atoms with Crippen LogP contribution in [0.25, 0.3) is 0 Å². The minimum absolute atomic E-state index is 0.0956. The van der Waals surface area contributed by atoms with Crippen LogP contribution in [0.15, 0.2) is 25.0 Å². The molecule has 4 heteroatoms. The average Bonchev–Trinajstić information content (AvgIpc) is 2.72. The molecule has 1 heterocycles. The fourth-order valence-corrected chi connectivity index (χ4v) is 2.56. The summed E-state index contributed by atoms with van der Waals surface area (Å²) < 4.78 is 7.58. The van der Waals surface area contributed by atoms with Crippen LogP contribution in [-0.2, 0) is 16.9 Å². The van der Waals surface area contributed by atoms with Gasteiger partial charge >= 0.3 is 0 Å². The molecule has 0 radical (unpaired) electrons. The summed E-state index contributed by atoms with van der Waals surface area (Å²) in [6.07, 6.45) is 6.93. The molecule has 0 aliphatic carbocycles. The van der Waals surface area contributed by atoms with Gasteiger partial charge in [-0.25, -0.2) is 4.68 Å². The minimum Gasteiger partial charge on any atom is -0.360 e. The molecule has 3 nitrogen and oxygen atoms in total. The van der Waals surface area contributed by atoms with Crippen LogP contribution in [0, 0.1) is 0 Å². The Bertz CT molecular complexity index is 405. The van der Waals surface area contributed by atoms with Gasteiger partial charge in [-0.05, 0) is 23.4 Å². The van der Waals surface area contributed by atoms with Gasteiger partial charge in [-0.15, -0.1) is 6.58 Å². The summed E-state index contributed by atoms with van der Waals surface area (Å²) in [7, 11) is -0.997. The van der Waals surface area contributed by atoms with Crippen molar-refractivity contribution in [3.8, 4) is 0 Å². The third-order valence-corrected chi connectivity index (χ3v) is 4.99. The highest BCUT2D eigenvalue weighted by molar-refractivity contribution is 6.76. The molecule has 0 bridgehead atoms. The van der Waals surface area contributed by atoms with Crippen LogP contribution in [-0.4, -0.2) is 24.5 Å². The molecular formula is C15H28N2OSi. The van der Waals surface area contributed by atoms with Crippen molar-refractivity contribution in [3.63, 3.8) is 0 Å². The fourth-order valence-electron chi connectivity index (χ4n) is 1.80. The van der Waals surface area contributed by atoms with Crippen LogP contribution < -0.4 is 0 Å². The third-order valence-electron chi connectivity index (χ3n) is 3.29. The van der Waals surface area contributed by atoms with E-state index in [1.165, 1.54) is 11.6 Å². The maximum atomic E-state index is 5.70. The largest absolute Gasteiger partial charge is 0.360 e. The van der Waals surface area contributed by atoms with Crippen molar-refractivity contribution in [1.29, 1.82) is 0 Å². The second kappa shape index (κ2) is 6.53. The molecule has 19 heavy (non-hydrogen) atoms. The summed E-state index contributed by atoms with van der Waals surface area (Å²) in [4.78, 5) is 0. The van der Waals surface area contributed by atoms with E-state index in [-0.39, 0.29) is 5.41 Å². The second-order valence-corrected chi connectivity index (χ2v) is 12.6. The first-order valence-electron chi connectivity index (χ1n) is 6.96. The van der Waals surface area contributed by atoms with Gasteiger partial charge in [0.25, 0.3) is 0 Å². The number of hydrogen-bond donors (Lipinski definition) is 0. The molecule has 0 atom stereocenters. The molecule has 0 N–H and O–H groups in total. The van der Waals surface area contributed by atoms with Gasteiger partial charge in [0.05, 0.1) is 6.20 Å². The molecule has 1 aromatic rings. The number of allylic oxidation sites excluding steroid dienone is 1. The van der Waals surface area contributed by atoms with E-state index in [9.17, 15) is 0 Å². The van der Waals surface area contributed by atoms with Gasteiger partial charge in [-0.1, -0.05) is 39.6 Å². The van der Waals surface area contributed by atoms with Gasteiger partial charge in [0.2, 0.25) is 0 Å². The Morgan fingerprint density at radius 1 is 1.42 bits per heavy atom. The van der Waals surface area contributed by atoms with Crippen molar-refractivity contribution in [1.82, 2.24) is 9.78 Å². The lowest BCUT2D eigenvalue weighted by Gasteiger charge is -2.20. The zero-order valence-electron chi connectivity index (χ0n) is 13.1. The first-order valence-corrected chi connectivity index (χ1v) is 10.7. The van der Waals surface area contributed by atoms with Crippen molar-refractivity contribution >= 4 is 8.07 Å². The number of hydrogen-bond acceptors (Lipinski definition) is 2. The minimum atomic E-state index is -0.997. The van der Waals surface area contributed by atoms with Crippen molar-refractivity contribution in [2.45, 2.75) is 58.1 Å². The molecule has 0 saturated heterocycles. The van der Waals surface area contributed by atoms with Gasteiger partial charge in [0, 0.05) is 20.9 Å². The Kier molecular flexibility index (Phi) is 5.56. The lowest BCUT2D eigenvalue weighted by Crippen LogP contribution is -2.22. The summed E-state index contributed by atoms with van der Waals surface area (Å²) in [5.41, 5.74) is 1.33. The number of ether oxygens (including phenoxy) is 1. The topological polar surface area (TPSA) is 27.1 Å². The van der Waals surface area contributed by atoms with E-state index in [1.54, 1.807) is 0 Å². The number of aromatic nitrogens is 2. The highest BCUT2D eigenvalue weighted by Crippen LogP contribution is 2.26. The van der Waals surface area contributed by atoms with Crippen LogP contribution in [0.2, 0.25) is 25.7 Å². The highest BCUT2D eigenvalue weighted by Gasteiger charge is 2.20. The number of rotatable bonds is 8. The third kappa shape index (κ3) is 5.74. The summed E-state index contributed by atoms with van der Waals surface area (Å²) in [5, 5.41) is 4.37. The van der Waals surface area contributed by atoms with Gasteiger partial charge in [-0.3, -0.25) is 0 Å². The first-order chi connectivity index (χ1) is 8.74.